The van der Waals surface area contributed by atoms with Crippen LogP contribution in [0, 0.1) is 5.92 Å². The van der Waals surface area contributed by atoms with E-state index in [1.165, 1.54) is 0 Å². The Bertz CT molecular complexity index is 65.9. The van der Waals surface area contributed by atoms with Crippen LogP contribution < -0.4 is 0 Å². The highest BCUT2D eigenvalue weighted by atomic mass is 16.7. The Labute approximate surface area is 54.9 Å². The monoisotopic (exact) mass is 132 g/mol. The zero-order chi connectivity index (χ0) is 6.53. The zero-order valence-corrected chi connectivity index (χ0v) is 5.63. The smallest absolute Gasteiger partial charge is 0.146 e. The Hall–Kier alpha value is -0.120. The fraction of sp³-hybridized carbons (Fsp3) is 1.00. The molecule has 0 amide bonds. The Morgan fingerprint density at radius 2 is 2.11 bits per heavy atom. The van der Waals surface area contributed by atoms with Gasteiger partial charge in [-0.05, 0) is 0 Å². The Kier molecular flexibility index (Phi) is 2.97. The highest BCUT2D eigenvalue weighted by Gasteiger charge is 2.12. The third kappa shape index (κ3) is 2.30. The summed E-state index contributed by atoms with van der Waals surface area (Å²) in [4.78, 5) is 0. The number of rotatable bonds is 2. The van der Waals surface area contributed by atoms with E-state index in [0.717, 1.165) is 19.8 Å². The van der Waals surface area contributed by atoms with Gasteiger partial charge in [0.2, 0.25) is 0 Å². The van der Waals surface area contributed by atoms with Gasteiger partial charge in [0.05, 0.1) is 19.8 Å². The average molecular weight is 132 g/mol. The van der Waals surface area contributed by atoms with E-state index in [4.69, 9.17) is 14.2 Å². The van der Waals surface area contributed by atoms with E-state index in [1.807, 2.05) is 0 Å². The molecule has 0 aromatic heterocycles. The van der Waals surface area contributed by atoms with E-state index in [9.17, 15) is 0 Å². The van der Waals surface area contributed by atoms with Crippen molar-refractivity contribution < 1.29 is 14.2 Å². The number of ether oxygens (including phenoxy) is 3. The molecule has 3 nitrogen and oxygen atoms in total. The molecular formula is C6H12O3. The molecular weight excluding hydrogens is 120 g/mol. The summed E-state index contributed by atoms with van der Waals surface area (Å²) in [6, 6.07) is 0. The van der Waals surface area contributed by atoms with Crippen LogP contribution in [0.5, 0.6) is 0 Å². The van der Waals surface area contributed by atoms with Gasteiger partial charge in [0.1, 0.15) is 6.79 Å². The van der Waals surface area contributed by atoms with Crippen molar-refractivity contribution in [2.75, 3.05) is 33.7 Å². The maximum Gasteiger partial charge on any atom is 0.146 e. The van der Waals surface area contributed by atoms with Gasteiger partial charge in [-0.15, -0.1) is 0 Å². The summed E-state index contributed by atoms with van der Waals surface area (Å²) in [7, 11) is 1.69. The Balaban J connectivity index is 2.08. The molecule has 1 fully saturated rings. The largest absolute Gasteiger partial charge is 0.384 e. The van der Waals surface area contributed by atoms with Crippen LogP contribution in [0.15, 0.2) is 0 Å². The summed E-state index contributed by atoms with van der Waals surface area (Å²) in [5.74, 6) is 0.434. The lowest BCUT2D eigenvalue weighted by Gasteiger charge is -2.20. The van der Waals surface area contributed by atoms with E-state index in [-0.39, 0.29) is 0 Å². The molecule has 0 spiro atoms. The van der Waals surface area contributed by atoms with Crippen LogP contribution in [-0.2, 0) is 14.2 Å². The SMILES string of the molecule is COCC1COCOC1. The highest BCUT2D eigenvalue weighted by molar-refractivity contribution is 4.56. The molecule has 0 radical (unpaired) electrons. The predicted molar refractivity (Wildman–Crippen MR) is 32.1 cm³/mol. The summed E-state index contributed by atoms with van der Waals surface area (Å²) >= 11 is 0. The van der Waals surface area contributed by atoms with Crippen LogP contribution >= 0.6 is 0 Å². The fourth-order valence-electron chi connectivity index (χ4n) is 0.869. The van der Waals surface area contributed by atoms with Gasteiger partial charge < -0.3 is 14.2 Å². The molecule has 1 aliphatic heterocycles. The summed E-state index contributed by atoms with van der Waals surface area (Å²) in [6.07, 6.45) is 0. The third-order valence-corrected chi connectivity index (χ3v) is 1.28. The number of methoxy groups -OCH3 is 1. The van der Waals surface area contributed by atoms with Crippen LogP contribution in [0.25, 0.3) is 0 Å². The van der Waals surface area contributed by atoms with Crippen molar-refractivity contribution in [1.29, 1.82) is 0 Å². The van der Waals surface area contributed by atoms with Crippen molar-refractivity contribution in [3.05, 3.63) is 0 Å². The molecule has 1 rings (SSSR count). The normalized spacial score (nSPS) is 22.3. The molecule has 1 heterocycles. The summed E-state index contributed by atoms with van der Waals surface area (Å²) in [6.45, 7) is 2.72. The minimum Gasteiger partial charge on any atom is -0.384 e. The molecule has 9 heavy (non-hydrogen) atoms. The van der Waals surface area contributed by atoms with Gasteiger partial charge in [0.25, 0.3) is 0 Å². The molecule has 0 saturated carbocycles. The molecule has 1 aliphatic rings. The van der Waals surface area contributed by atoms with E-state index >= 15 is 0 Å². The van der Waals surface area contributed by atoms with Crippen LogP contribution in [0.4, 0.5) is 0 Å². The van der Waals surface area contributed by atoms with Gasteiger partial charge in [-0.3, -0.25) is 0 Å². The second kappa shape index (κ2) is 3.82. The van der Waals surface area contributed by atoms with Crippen molar-refractivity contribution in [2.24, 2.45) is 5.92 Å². The van der Waals surface area contributed by atoms with Crippen LogP contribution in [0.1, 0.15) is 0 Å². The highest BCUT2D eigenvalue weighted by Crippen LogP contribution is 2.04. The van der Waals surface area contributed by atoms with E-state index in [0.29, 0.717) is 12.7 Å². The minimum absolute atomic E-state index is 0.434. The van der Waals surface area contributed by atoms with E-state index < -0.39 is 0 Å². The Morgan fingerprint density at radius 3 is 2.67 bits per heavy atom. The molecule has 54 valence electrons. The molecule has 0 aromatic rings. The van der Waals surface area contributed by atoms with E-state index in [1.54, 1.807) is 7.11 Å². The van der Waals surface area contributed by atoms with E-state index in [2.05, 4.69) is 0 Å². The maximum atomic E-state index is 5.03. The number of hydrogen-bond donors (Lipinski definition) is 0. The first-order valence-corrected chi connectivity index (χ1v) is 3.08. The van der Waals surface area contributed by atoms with Gasteiger partial charge in [-0.25, -0.2) is 0 Å². The first kappa shape index (κ1) is 6.99. The summed E-state index contributed by atoms with van der Waals surface area (Å²) < 4.78 is 15.0. The van der Waals surface area contributed by atoms with Gasteiger partial charge in [-0.2, -0.15) is 0 Å². The van der Waals surface area contributed by atoms with Gasteiger partial charge in [0, 0.05) is 13.0 Å². The maximum absolute atomic E-state index is 5.03. The average Bonchev–Trinajstić information content (AvgIpc) is 1.91. The van der Waals surface area contributed by atoms with Gasteiger partial charge in [0.15, 0.2) is 0 Å². The van der Waals surface area contributed by atoms with Crippen molar-refractivity contribution in [1.82, 2.24) is 0 Å². The second-order valence-corrected chi connectivity index (χ2v) is 2.18. The van der Waals surface area contributed by atoms with Crippen molar-refractivity contribution >= 4 is 0 Å². The Morgan fingerprint density at radius 1 is 1.44 bits per heavy atom. The molecule has 0 N–H and O–H groups in total. The van der Waals surface area contributed by atoms with Crippen LogP contribution in [0.2, 0.25) is 0 Å². The molecule has 0 aliphatic carbocycles. The molecule has 0 bridgehead atoms. The lowest BCUT2D eigenvalue weighted by Crippen LogP contribution is -2.27. The lowest BCUT2D eigenvalue weighted by molar-refractivity contribution is -0.136. The first-order valence-electron chi connectivity index (χ1n) is 3.08. The van der Waals surface area contributed by atoms with Crippen LogP contribution in [0.3, 0.4) is 0 Å². The quantitative estimate of drug-likeness (QED) is 0.539. The summed E-state index contributed by atoms with van der Waals surface area (Å²) in [5, 5.41) is 0. The second-order valence-electron chi connectivity index (χ2n) is 2.18. The minimum atomic E-state index is 0.434. The first-order chi connectivity index (χ1) is 4.43. The standard InChI is InChI=1S/C6H12O3/c1-7-2-6-3-8-5-9-4-6/h6H,2-5H2,1H3. The zero-order valence-electron chi connectivity index (χ0n) is 5.63. The predicted octanol–water partition coefficient (Wildman–Crippen LogP) is 0.253. The van der Waals surface area contributed by atoms with Crippen molar-refractivity contribution in [3.8, 4) is 0 Å². The molecule has 3 heteroatoms. The number of hydrogen-bond acceptors (Lipinski definition) is 3. The fourth-order valence-corrected chi connectivity index (χ4v) is 0.869. The van der Waals surface area contributed by atoms with Crippen molar-refractivity contribution in [2.45, 2.75) is 0 Å². The molecule has 0 unspecified atom stereocenters. The topological polar surface area (TPSA) is 27.7 Å². The third-order valence-electron chi connectivity index (χ3n) is 1.28. The molecule has 0 aromatic carbocycles. The molecule has 1 saturated heterocycles. The van der Waals surface area contributed by atoms with Gasteiger partial charge >= 0.3 is 0 Å². The lowest BCUT2D eigenvalue weighted by atomic mass is 10.2. The van der Waals surface area contributed by atoms with Crippen LogP contribution in [-0.4, -0.2) is 33.7 Å². The van der Waals surface area contributed by atoms with Gasteiger partial charge in [-0.1, -0.05) is 0 Å². The molecule has 0 atom stereocenters. The van der Waals surface area contributed by atoms with Crippen molar-refractivity contribution in [3.63, 3.8) is 0 Å². The summed E-state index contributed by atoms with van der Waals surface area (Å²) in [5.41, 5.74) is 0.